The molecule has 4 rings (SSSR count). The number of aromatic nitrogens is 2. The number of hydrogen-bond acceptors (Lipinski definition) is 5. The summed E-state index contributed by atoms with van der Waals surface area (Å²) in [5.41, 5.74) is 0.340. The van der Waals surface area contributed by atoms with Crippen molar-refractivity contribution in [1.29, 1.82) is 0 Å². The Kier molecular flexibility index (Phi) is 7.45. The molecule has 33 heavy (non-hydrogen) atoms. The smallest absolute Gasteiger partial charge is 0.266 e. The van der Waals surface area contributed by atoms with Crippen LogP contribution < -0.4 is 5.56 Å². The molecule has 6 nitrogen and oxygen atoms in total. The standard InChI is InChI=1S/C25H29FN4O2S/c1-3-9-22(24(32)29-16-14-28(4-2)15-17-29)33-25-27-20-12-7-5-10-18(20)23(31)30(25)21-13-8-6-11-19(21)26/h5-8,10-13,22H,3-4,9,14-17H2,1-2H3. The minimum absolute atomic E-state index is 0.0556. The zero-order valence-electron chi connectivity index (χ0n) is 19.0. The van der Waals surface area contributed by atoms with Crippen molar-refractivity contribution in [2.45, 2.75) is 37.1 Å². The second-order valence-electron chi connectivity index (χ2n) is 8.16. The Balaban J connectivity index is 1.74. The number of rotatable bonds is 7. The van der Waals surface area contributed by atoms with Crippen molar-refractivity contribution in [2.24, 2.45) is 0 Å². The number of carbonyl (C=O) groups excluding carboxylic acids is 1. The quantitative estimate of drug-likeness (QED) is 0.388. The Hall–Kier alpha value is -2.71. The number of likely N-dealkylation sites (N-methyl/N-ethyl adjacent to an activating group) is 1. The van der Waals surface area contributed by atoms with Gasteiger partial charge in [0.2, 0.25) is 5.91 Å². The number of carbonyl (C=O) groups is 1. The highest BCUT2D eigenvalue weighted by Crippen LogP contribution is 2.29. The molecule has 2 heterocycles. The number of piperazine rings is 1. The lowest BCUT2D eigenvalue weighted by Crippen LogP contribution is -2.50. The van der Waals surface area contributed by atoms with Crippen LogP contribution in [0.15, 0.2) is 58.5 Å². The van der Waals surface area contributed by atoms with Crippen LogP contribution in [0.2, 0.25) is 0 Å². The molecule has 3 aromatic rings. The van der Waals surface area contributed by atoms with Crippen molar-refractivity contribution in [3.63, 3.8) is 0 Å². The summed E-state index contributed by atoms with van der Waals surface area (Å²) < 4.78 is 16.1. The van der Waals surface area contributed by atoms with Crippen molar-refractivity contribution < 1.29 is 9.18 Å². The highest BCUT2D eigenvalue weighted by atomic mass is 32.2. The number of hydrogen-bond donors (Lipinski definition) is 0. The third kappa shape index (κ3) is 4.96. The Morgan fingerprint density at radius 3 is 2.45 bits per heavy atom. The minimum atomic E-state index is -0.507. The van der Waals surface area contributed by atoms with E-state index in [-0.39, 0.29) is 17.2 Å². The Labute approximate surface area is 197 Å². The molecule has 174 valence electrons. The first kappa shape index (κ1) is 23.4. The number of amides is 1. The van der Waals surface area contributed by atoms with E-state index in [1.54, 1.807) is 36.4 Å². The molecule has 1 aliphatic rings. The summed E-state index contributed by atoms with van der Waals surface area (Å²) >= 11 is 1.26. The van der Waals surface area contributed by atoms with Gasteiger partial charge in [0.15, 0.2) is 5.16 Å². The lowest BCUT2D eigenvalue weighted by Gasteiger charge is -2.35. The van der Waals surface area contributed by atoms with Crippen LogP contribution in [-0.2, 0) is 4.79 Å². The molecule has 8 heteroatoms. The second-order valence-corrected chi connectivity index (χ2v) is 9.33. The normalized spacial score (nSPS) is 15.7. The van der Waals surface area contributed by atoms with Gasteiger partial charge in [-0.05, 0) is 37.2 Å². The van der Waals surface area contributed by atoms with Gasteiger partial charge in [0.1, 0.15) is 5.82 Å². The van der Waals surface area contributed by atoms with Crippen LogP contribution in [0.4, 0.5) is 4.39 Å². The van der Waals surface area contributed by atoms with Crippen LogP contribution in [-0.4, -0.2) is 63.2 Å². The Bertz CT molecular complexity index is 1190. The summed E-state index contributed by atoms with van der Waals surface area (Å²) in [4.78, 5) is 35.8. The highest BCUT2D eigenvalue weighted by molar-refractivity contribution is 8.00. The SMILES string of the molecule is CCCC(Sc1nc2ccccc2c(=O)n1-c1ccccc1F)C(=O)N1CCN(CC)CC1. The van der Waals surface area contributed by atoms with Gasteiger partial charge in [0.25, 0.3) is 5.56 Å². The summed E-state index contributed by atoms with van der Waals surface area (Å²) in [5, 5.41) is 0.358. The van der Waals surface area contributed by atoms with E-state index in [4.69, 9.17) is 4.98 Å². The van der Waals surface area contributed by atoms with E-state index in [2.05, 4.69) is 11.8 Å². The van der Waals surface area contributed by atoms with E-state index >= 15 is 0 Å². The summed E-state index contributed by atoms with van der Waals surface area (Å²) in [7, 11) is 0. The fourth-order valence-electron chi connectivity index (χ4n) is 4.15. The molecule has 0 spiro atoms. The van der Waals surface area contributed by atoms with Crippen LogP contribution in [0.1, 0.15) is 26.7 Å². The molecular weight excluding hydrogens is 439 g/mol. The maximum atomic E-state index is 14.8. The predicted molar refractivity (Wildman–Crippen MR) is 131 cm³/mol. The average Bonchev–Trinajstić information content (AvgIpc) is 2.84. The van der Waals surface area contributed by atoms with Gasteiger partial charge in [-0.2, -0.15) is 0 Å². The summed E-state index contributed by atoms with van der Waals surface area (Å²) in [6, 6.07) is 13.2. The number of fused-ring (bicyclic) bond motifs is 1. The molecular formula is C25H29FN4O2S. The molecule has 1 amide bonds. The van der Waals surface area contributed by atoms with Crippen molar-refractivity contribution in [2.75, 3.05) is 32.7 Å². The average molecular weight is 469 g/mol. The highest BCUT2D eigenvalue weighted by Gasteiger charge is 2.29. The van der Waals surface area contributed by atoms with Crippen molar-refractivity contribution in [3.8, 4) is 5.69 Å². The van der Waals surface area contributed by atoms with E-state index in [0.717, 1.165) is 26.1 Å². The second kappa shape index (κ2) is 10.5. The van der Waals surface area contributed by atoms with Crippen LogP contribution in [0.25, 0.3) is 16.6 Å². The van der Waals surface area contributed by atoms with Crippen LogP contribution in [0, 0.1) is 5.82 Å². The third-order valence-corrected chi connectivity index (χ3v) is 7.25. The van der Waals surface area contributed by atoms with Crippen LogP contribution in [0.3, 0.4) is 0 Å². The summed E-state index contributed by atoms with van der Waals surface area (Å²) in [6.45, 7) is 8.25. The Morgan fingerprint density at radius 2 is 1.76 bits per heavy atom. The van der Waals surface area contributed by atoms with Gasteiger partial charge in [-0.1, -0.05) is 56.3 Å². The first-order valence-corrected chi connectivity index (χ1v) is 12.4. The van der Waals surface area contributed by atoms with E-state index in [1.165, 1.54) is 22.4 Å². The van der Waals surface area contributed by atoms with Crippen LogP contribution in [0.5, 0.6) is 0 Å². The first-order valence-electron chi connectivity index (χ1n) is 11.5. The topological polar surface area (TPSA) is 58.4 Å². The van der Waals surface area contributed by atoms with Crippen molar-refractivity contribution >= 4 is 28.6 Å². The monoisotopic (exact) mass is 468 g/mol. The fourth-order valence-corrected chi connectivity index (χ4v) is 5.44. The molecule has 1 fully saturated rings. The van der Waals surface area contributed by atoms with Gasteiger partial charge in [0, 0.05) is 26.2 Å². The molecule has 0 N–H and O–H groups in total. The van der Waals surface area contributed by atoms with Crippen molar-refractivity contribution in [3.05, 3.63) is 64.7 Å². The van der Waals surface area contributed by atoms with Gasteiger partial charge in [0.05, 0.1) is 21.8 Å². The molecule has 2 aromatic carbocycles. The molecule has 1 unspecified atom stereocenters. The third-order valence-electron chi connectivity index (χ3n) is 6.04. The molecule has 1 atom stereocenters. The van der Waals surface area contributed by atoms with E-state index in [1.807, 2.05) is 17.9 Å². The summed E-state index contributed by atoms with van der Waals surface area (Å²) in [6.07, 6.45) is 1.47. The molecule has 1 aliphatic heterocycles. The summed E-state index contributed by atoms with van der Waals surface area (Å²) in [5.74, 6) is -0.451. The lowest BCUT2D eigenvalue weighted by molar-refractivity contribution is -0.132. The van der Waals surface area contributed by atoms with Gasteiger partial charge >= 0.3 is 0 Å². The fraction of sp³-hybridized carbons (Fsp3) is 0.400. The molecule has 0 saturated carbocycles. The number of thioether (sulfide) groups is 1. The molecule has 1 saturated heterocycles. The minimum Gasteiger partial charge on any atom is -0.339 e. The van der Waals surface area contributed by atoms with Gasteiger partial charge in [-0.15, -0.1) is 0 Å². The first-order chi connectivity index (χ1) is 16.0. The number of halogens is 1. The number of para-hydroxylation sites is 2. The van der Waals surface area contributed by atoms with E-state index < -0.39 is 11.1 Å². The maximum absolute atomic E-state index is 14.8. The zero-order chi connectivity index (χ0) is 23.4. The maximum Gasteiger partial charge on any atom is 0.266 e. The molecule has 0 bridgehead atoms. The van der Waals surface area contributed by atoms with Crippen molar-refractivity contribution in [1.82, 2.24) is 19.4 Å². The Morgan fingerprint density at radius 1 is 1.06 bits per heavy atom. The van der Waals surface area contributed by atoms with E-state index in [0.29, 0.717) is 35.6 Å². The predicted octanol–water partition coefficient (Wildman–Crippen LogP) is 3.95. The van der Waals surface area contributed by atoms with Gasteiger partial charge in [-0.3, -0.25) is 14.2 Å². The molecule has 0 radical (unpaired) electrons. The zero-order valence-corrected chi connectivity index (χ0v) is 19.9. The molecule has 1 aromatic heterocycles. The van der Waals surface area contributed by atoms with Gasteiger partial charge in [-0.25, -0.2) is 9.37 Å². The van der Waals surface area contributed by atoms with Crippen LogP contribution >= 0.6 is 11.8 Å². The number of nitrogens with zero attached hydrogens (tertiary/aromatic N) is 4. The molecule has 0 aliphatic carbocycles. The van der Waals surface area contributed by atoms with E-state index in [9.17, 15) is 14.0 Å². The number of benzene rings is 2. The van der Waals surface area contributed by atoms with Gasteiger partial charge < -0.3 is 9.80 Å². The lowest BCUT2D eigenvalue weighted by atomic mass is 10.2. The largest absolute Gasteiger partial charge is 0.339 e.